The lowest BCUT2D eigenvalue weighted by Crippen LogP contribution is -2.30. The molecule has 2 aromatic rings. The number of aliphatic hydroxyl groups excluding tert-OH is 1. The highest BCUT2D eigenvalue weighted by Crippen LogP contribution is 2.39. The predicted molar refractivity (Wildman–Crippen MR) is 78.5 cm³/mol. The summed E-state index contributed by atoms with van der Waals surface area (Å²) in [5.41, 5.74) is 1.48. The first kappa shape index (κ1) is 13.1. The number of hydrogen-bond donors (Lipinski definition) is 1. The van der Waals surface area contributed by atoms with Crippen molar-refractivity contribution in [3.05, 3.63) is 23.5 Å². The molecule has 1 fully saturated rings. The van der Waals surface area contributed by atoms with Crippen LogP contribution in [0, 0.1) is 11.3 Å². The molecule has 0 saturated heterocycles. The van der Waals surface area contributed by atoms with Gasteiger partial charge in [-0.2, -0.15) is 0 Å². The van der Waals surface area contributed by atoms with Crippen LogP contribution in [0.4, 0.5) is 0 Å². The Labute approximate surface area is 118 Å². The average molecular weight is 278 g/mol. The van der Waals surface area contributed by atoms with Crippen molar-refractivity contribution >= 4 is 16.3 Å². The molecular formula is C15H22N2OS. The fourth-order valence-electron chi connectivity index (χ4n) is 3.06. The van der Waals surface area contributed by atoms with Crippen molar-refractivity contribution in [2.75, 3.05) is 0 Å². The van der Waals surface area contributed by atoms with E-state index in [0.717, 1.165) is 23.5 Å². The summed E-state index contributed by atoms with van der Waals surface area (Å²) < 4.78 is 2.04. The molecule has 1 N–H and O–H groups in total. The van der Waals surface area contributed by atoms with Crippen molar-refractivity contribution in [1.29, 1.82) is 0 Å². The van der Waals surface area contributed by atoms with Crippen molar-refractivity contribution in [2.45, 2.75) is 52.1 Å². The molecule has 1 aliphatic carbocycles. The average Bonchev–Trinajstić information content (AvgIpc) is 2.89. The third kappa shape index (κ3) is 2.84. The highest BCUT2D eigenvalue weighted by atomic mass is 32.1. The zero-order valence-corrected chi connectivity index (χ0v) is 12.5. The summed E-state index contributed by atoms with van der Waals surface area (Å²) in [7, 11) is 0. The zero-order valence-electron chi connectivity index (χ0n) is 11.7. The minimum Gasteiger partial charge on any atom is -0.392 e. The van der Waals surface area contributed by atoms with Gasteiger partial charge in [0.25, 0.3) is 0 Å². The van der Waals surface area contributed by atoms with E-state index in [1.165, 1.54) is 12.8 Å². The molecule has 0 bridgehead atoms. The molecule has 3 nitrogen and oxygen atoms in total. The number of imidazole rings is 1. The Morgan fingerprint density at radius 1 is 1.47 bits per heavy atom. The normalized spacial score (nSPS) is 21.8. The molecule has 1 atom stereocenters. The lowest BCUT2D eigenvalue weighted by Gasteiger charge is -2.36. The highest BCUT2D eigenvalue weighted by Gasteiger charge is 2.30. The van der Waals surface area contributed by atoms with Crippen LogP contribution in [-0.4, -0.2) is 20.6 Å². The molecule has 3 rings (SSSR count). The van der Waals surface area contributed by atoms with E-state index in [0.29, 0.717) is 17.8 Å². The number of aliphatic hydroxyl groups is 1. The minimum absolute atomic E-state index is 0.235. The molecule has 2 heterocycles. The molecule has 0 aliphatic heterocycles. The van der Waals surface area contributed by atoms with Crippen molar-refractivity contribution in [1.82, 2.24) is 9.38 Å². The first-order valence-corrected chi connectivity index (χ1v) is 8.01. The van der Waals surface area contributed by atoms with Gasteiger partial charge in [0.15, 0.2) is 4.96 Å². The Bertz CT molecular complexity index is 519. The van der Waals surface area contributed by atoms with Gasteiger partial charge in [0.05, 0.1) is 11.8 Å². The summed E-state index contributed by atoms with van der Waals surface area (Å²) >= 11 is 1.64. The van der Waals surface area contributed by atoms with Crippen molar-refractivity contribution in [2.24, 2.45) is 11.3 Å². The Morgan fingerprint density at radius 2 is 2.21 bits per heavy atom. The van der Waals surface area contributed by atoms with Gasteiger partial charge in [-0.1, -0.05) is 13.8 Å². The van der Waals surface area contributed by atoms with E-state index in [9.17, 15) is 5.11 Å². The van der Waals surface area contributed by atoms with Crippen LogP contribution in [0.25, 0.3) is 4.96 Å². The van der Waals surface area contributed by atoms with E-state index in [-0.39, 0.29) is 6.10 Å². The van der Waals surface area contributed by atoms with Crippen LogP contribution in [0.3, 0.4) is 0 Å². The minimum atomic E-state index is -0.235. The molecule has 19 heavy (non-hydrogen) atoms. The van der Waals surface area contributed by atoms with Gasteiger partial charge >= 0.3 is 0 Å². The Morgan fingerprint density at radius 3 is 2.89 bits per heavy atom. The van der Waals surface area contributed by atoms with Gasteiger partial charge in [-0.25, -0.2) is 4.98 Å². The molecule has 0 aromatic carbocycles. The van der Waals surface area contributed by atoms with E-state index >= 15 is 0 Å². The zero-order chi connectivity index (χ0) is 13.5. The summed E-state index contributed by atoms with van der Waals surface area (Å²) in [5.74, 6) is 0.452. The maximum atomic E-state index is 10.4. The van der Waals surface area contributed by atoms with E-state index in [1.807, 2.05) is 22.2 Å². The standard InChI is InChI=1S/C15H22N2OS/c1-15(2)5-3-11(4-6-15)13(18)9-12-10-17-7-8-19-14(17)16-12/h7-8,10-11,13,18H,3-6,9H2,1-2H3. The summed E-state index contributed by atoms with van der Waals surface area (Å²) in [6, 6.07) is 0. The number of nitrogens with zero attached hydrogens (tertiary/aromatic N) is 2. The van der Waals surface area contributed by atoms with Gasteiger partial charge in [-0.3, -0.25) is 4.40 Å². The van der Waals surface area contributed by atoms with Crippen LogP contribution in [0.5, 0.6) is 0 Å². The monoisotopic (exact) mass is 278 g/mol. The van der Waals surface area contributed by atoms with Gasteiger partial charge in [0, 0.05) is 24.2 Å². The largest absolute Gasteiger partial charge is 0.392 e. The number of aromatic nitrogens is 2. The van der Waals surface area contributed by atoms with Gasteiger partial charge < -0.3 is 5.11 Å². The third-order valence-electron chi connectivity index (χ3n) is 4.49. The summed E-state index contributed by atoms with van der Waals surface area (Å²) in [5, 5.41) is 12.4. The maximum Gasteiger partial charge on any atom is 0.193 e. The fourth-order valence-corrected chi connectivity index (χ4v) is 3.78. The molecule has 0 radical (unpaired) electrons. The molecule has 4 heteroatoms. The molecular weight excluding hydrogens is 256 g/mol. The van der Waals surface area contributed by atoms with Gasteiger partial charge in [0.1, 0.15) is 0 Å². The van der Waals surface area contributed by atoms with Crippen LogP contribution in [-0.2, 0) is 6.42 Å². The fraction of sp³-hybridized carbons (Fsp3) is 0.667. The van der Waals surface area contributed by atoms with Gasteiger partial charge in [-0.15, -0.1) is 11.3 Å². The molecule has 104 valence electrons. The third-order valence-corrected chi connectivity index (χ3v) is 5.26. The van der Waals surface area contributed by atoms with E-state index in [1.54, 1.807) is 11.3 Å². The van der Waals surface area contributed by atoms with Crippen LogP contribution >= 0.6 is 11.3 Å². The number of rotatable bonds is 3. The number of fused-ring (bicyclic) bond motifs is 1. The first-order chi connectivity index (χ1) is 9.03. The second kappa shape index (κ2) is 4.91. The molecule has 2 aromatic heterocycles. The quantitative estimate of drug-likeness (QED) is 0.933. The van der Waals surface area contributed by atoms with Crippen molar-refractivity contribution in [3.8, 4) is 0 Å². The number of hydrogen-bond acceptors (Lipinski definition) is 3. The first-order valence-electron chi connectivity index (χ1n) is 7.13. The summed E-state index contributed by atoms with van der Waals surface area (Å²) in [6.07, 6.45) is 9.28. The van der Waals surface area contributed by atoms with Gasteiger partial charge in [0.2, 0.25) is 0 Å². The lowest BCUT2D eigenvalue weighted by molar-refractivity contribution is 0.0571. The highest BCUT2D eigenvalue weighted by molar-refractivity contribution is 7.15. The lowest BCUT2D eigenvalue weighted by atomic mass is 9.71. The van der Waals surface area contributed by atoms with Crippen LogP contribution in [0.2, 0.25) is 0 Å². The van der Waals surface area contributed by atoms with Crippen LogP contribution < -0.4 is 0 Å². The molecule has 0 amide bonds. The summed E-state index contributed by atoms with van der Waals surface area (Å²) in [4.78, 5) is 5.58. The summed E-state index contributed by atoms with van der Waals surface area (Å²) in [6.45, 7) is 4.66. The number of thiazole rings is 1. The van der Waals surface area contributed by atoms with Gasteiger partial charge in [-0.05, 0) is 37.0 Å². The van der Waals surface area contributed by atoms with Crippen molar-refractivity contribution < 1.29 is 5.11 Å². The van der Waals surface area contributed by atoms with E-state index in [4.69, 9.17) is 0 Å². The Hall–Kier alpha value is -0.870. The topological polar surface area (TPSA) is 37.5 Å². The molecule has 1 unspecified atom stereocenters. The molecule has 1 saturated carbocycles. The second-order valence-corrected chi connectivity index (χ2v) is 7.47. The van der Waals surface area contributed by atoms with Crippen LogP contribution in [0.15, 0.2) is 17.8 Å². The predicted octanol–water partition coefficient (Wildman–Crippen LogP) is 3.52. The Balaban J connectivity index is 1.62. The molecule has 1 aliphatic rings. The van der Waals surface area contributed by atoms with Crippen LogP contribution in [0.1, 0.15) is 45.2 Å². The smallest absolute Gasteiger partial charge is 0.193 e. The second-order valence-electron chi connectivity index (χ2n) is 6.60. The SMILES string of the molecule is CC1(C)CCC(C(O)Cc2cn3ccsc3n2)CC1. The molecule has 0 spiro atoms. The van der Waals surface area contributed by atoms with Crippen molar-refractivity contribution in [3.63, 3.8) is 0 Å². The maximum absolute atomic E-state index is 10.4. The van der Waals surface area contributed by atoms with E-state index in [2.05, 4.69) is 18.8 Å². The Kier molecular flexibility index (Phi) is 3.39. The van der Waals surface area contributed by atoms with E-state index < -0.39 is 0 Å².